The molecule has 42 heavy (non-hydrogen) atoms. The standard InChI is InChI=1S/C29H34N10O2.ClH/c1-17-24(16-33-29(32)34-17)22-4-2-3-19(13-22)14-25(26(31)40)39(28(41)21-7-5-18(15-30)6-8-21)23-11-9-20(10-12-23)27-35-37-38-36-27;/h2-4,9-13,16,18,21,25H,5-8,14-15,30H2,1H3,(H2,31,40)(H2,32,33,34)(H,35,36,37,38);1H/t18?,21?,25-;/m0./s1. The van der Waals surface area contributed by atoms with Gasteiger partial charge in [0.05, 0.1) is 5.69 Å². The Kier molecular flexibility index (Phi) is 9.81. The minimum Gasteiger partial charge on any atom is -0.368 e. The van der Waals surface area contributed by atoms with E-state index in [1.54, 1.807) is 35.4 Å². The van der Waals surface area contributed by atoms with E-state index < -0.39 is 11.9 Å². The van der Waals surface area contributed by atoms with Crippen LogP contribution in [-0.4, -0.2) is 55.0 Å². The van der Waals surface area contributed by atoms with Crippen LogP contribution in [0.4, 0.5) is 11.6 Å². The maximum atomic E-state index is 14.1. The monoisotopic (exact) mass is 590 g/mol. The number of aromatic nitrogens is 6. The van der Waals surface area contributed by atoms with Crippen molar-refractivity contribution in [2.24, 2.45) is 23.3 Å². The van der Waals surface area contributed by atoms with Gasteiger partial charge in [0, 0.05) is 35.3 Å². The lowest BCUT2D eigenvalue weighted by atomic mass is 9.81. The summed E-state index contributed by atoms with van der Waals surface area (Å²) in [5.74, 6) is 0.120. The average molecular weight is 591 g/mol. The fourth-order valence-electron chi connectivity index (χ4n) is 5.53. The van der Waals surface area contributed by atoms with Crippen LogP contribution in [0, 0.1) is 18.8 Å². The number of tetrazole rings is 1. The van der Waals surface area contributed by atoms with Gasteiger partial charge >= 0.3 is 0 Å². The van der Waals surface area contributed by atoms with Gasteiger partial charge < -0.3 is 17.2 Å². The summed E-state index contributed by atoms with van der Waals surface area (Å²) in [7, 11) is 0. The van der Waals surface area contributed by atoms with Crippen molar-refractivity contribution in [1.82, 2.24) is 30.6 Å². The van der Waals surface area contributed by atoms with Gasteiger partial charge in [-0.2, -0.15) is 5.21 Å². The molecule has 220 valence electrons. The second kappa shape index (κ2) is 13.5. The number of primary amides is 1. The lowest BCUT2D eigenvalue weighted by molar-refractivity contribution is -0.127. The highest BCUT2D eigenvalue weighted by molar-refractivity contribution is 6.01. The minimum absolute atomic E-state index is 0. The van der Waals surface area contributed by atoms with Crippen LogP contribution in [0.5, 0.6) is 0 Å². The fourth-order valence-corrected chi connectivity index (χ4v) is 5.53. The molecule has 0 aliphatic heterocycles. The molecule has 1 aliphatic carbocycles. The highest BCUT2D eigenvalue weighted by atomic mass is 35.5. The number of H-pyrrole nitrogens is 1. The Morgan fingerprint density at radius 2 is 1.81 bits per heavy atom. The van der Waals surface area contributed by atoms with Crippen molar-refractivity contribution in [2.45, 2.75) is 45.1 Å². The van der Waals surface area contributed by atoms with Crippen LogP contribution in [0.25, 0.3) is 22.5 Å². The number of benzene rings is 2. The van der Waals surface area contributed by atoms with E-state index in [-0.39, 0.29) is 36.6 Å². The molecule has 5 rings (SSSR count). The van der Waals surface area contributed by atoms with Gasteiger partial charge in [-0.25, -0.2) is 9.97 Å². The third-order valence-corrected chi connectivity index (χ3v) is 7.82. The Morgan fingerprint density at radius 1 is 1.07 bits per heavy atom. The van der Waals surface area contributed by atoms with E-state index in [1.165, 1.54) is 0 Å². The van der Waals surface area contributed by atoms with Crippen LogP contribution >= 0.6 is 12.4 Å². The largest absolute Gasteiger partial charge is 0.368 e. The number of amides is 2. The Hall–Kier alpha value is -4.42. The molecule has 12 nitrogen and oxygen atoms in total. The molecular formula is C29H35ClN10O2. The zero-order valence-electron chi connectivity index (χ0n) is 23.3. The van der Waals surface area contributed by atoms with E-state index in [2.05, 4.69) is 30.6 Å². The number of nitrogen functional groups attached to an aromatic ring is 1. The zero-order valence-corrected chi connectivity index (χ0v) is 24.1. The molecule has 1 atom stereocenters. The van der Waals surface area contributed by atoms with E-state index in [0.717, 1.165) is 53.6 Å². The second-order valence-electron chi connectivity index (χ2n) is 10.5. The molecule has 4 aromatic rings. The molecule has 1 fully saturated rings. The predicted octanol–water partition coefficient (Wildman–Crippen LogP) is 2.83. The average Bonchev–Trinajstić information content (AvgIpc) is 3.52. The summed E-state index contributed by atoms with van der Waals surface area (Å²) in [6.45, 7) is 2.48. The normalized spacial score (nSPS) is 17.2. The minimum atomic E-state index is -0.912. The number of hydrogen-bond donors (Lipinski definition) is 4. The number of anilines is 2. The molecule has 0 bridgehead atoms. The van der Waals surface area contributed by atoms with Crippen molar-refractivity contribution in [3.05, 3.63) is 66.0 Å². The van der Waals surface area contributed by atoms with Gasteiger partial charge in [-0.15, -0.1) is 22.6 Å². The van der Waals surface area contributed by atoms with E-state index in [9.17, 15) is 9.59 Å². The summed E-state index contributed by atoms with van der Waals surface area (Å²) in [4.78, 5) is 37.1. The molecule has 1 aliphatic rings. The number of carbonyl (C=O) groups is 2. The third kappa shape index (κ3) is 6.72. The number of nitrogens with zero attached hydrogens (tertiary/aromatic N) is 6. The van der Waals surface area contributed by atoms with Gasteiger partial charge in [-0.05, 0) is 85.7 Å². The molecule has 0 radical (unpaired) electrons. The van der Waals surface area contributed by atoms with Gasteiger partial charge in [0.2, 0.25) is 23.6 Å². The van der Waals surface area contributed by atoms with Crippen molar-refractivity contribution in [1.29, 1.82) is 0 Å². The molecule has 7 N–H and O–H groups in total. The van der Waals surface area contributed by atoms with Gasteiger partial charge in [-0.1, -0.05) is 24.3 Å². The highest BCUT2D eigenvalue weighted by Crippen LogP contribution is 2.33. The maximum absolute atomic E-state index is 14.1. The van der Waals surface area contributed by atoms with Crippen molar-refractivity contribution in [3.8, 4) is 22.5 Å². The number of nitrogens with one attached hydrogen (secondary N) is 1. The van der Waals surface area contributed by atoms with Gasteiger partial charge in [0.15, 0.2) is 0 Å². The summed E-state index contributed by atoms with van der Waals surface area (Å²) >= 11 is 0. The molecule has 2 aromatic heterocycles. The molecule has 0 spiro atoms. The summed E-state index contributed by atoms with van der Waals surface area (Å²) in [6.07, 6.45) is 5.11. The number of carbonyl (C=O) groups excluding carboxylic acids is 2. The fraction of sp³-hybridized carbons (Fsp3) is 0.345. The first-order chi connectivity index (χ1) is 19.8. The number of hydrogen-bond acceptors (Lipinski definition) is 9. The Balaban J connectivity index is 0.00000405. The van der Waals surface area contributed by atoms with E-state index in [0.29, 0.717) is 24.0 Å². The topological polar surface area (TPSA) is 196 Å². The zero-order chi connectivity index (χ0) is 28.9. The number of aryl methyl sites for hydroxylation is 1. The predicted molar refractivity (Wildman–Crippen MR) is 162 cm³/mol. The molecule has 2 aromatic carbocycles. The van der Waals surface area contributed by atoms with Gasteiger partial charge in [0.1, 0.15) is 6.04 Å². The lowest BCUT2D eigenvalue weighted by Gasteiger charge is -2.35. The molecule has 1 saturated carbocycles. The van der Waals surface area contributed by atoms with Crippen molar-refractivity contribution in [2.75, 3.05) is 17.2 Å². The quantitative estimate of drug-likeness (QED) is 0.226. The van der Waals surface area contributed by atoms with Crippen LogP contribution < -0.4 is 22.1 Å². The number of nitrogens with two attached hydrogens (primary N) is 3. The first-order valence-corrected chi connectivity index (χ1v) is 13.7. The number of rotatable bonds is 9. The maximum Gasteiger partial charge on any atom is 0.240 e. The van der Waals surface area contributed by atoms with Crippen LogP contribution in [0.1, 0.15) is 36.9 Å². The molecule has 0 saturated heterocycles. The van der Waals surface area contributed by atoms with Crippen LogP contribution in [-0.2, 0) is 16.0 Å². The van der Waals surface area contributed by atoms with E-state index in [1.807, 2.05) is 31.2 Å². The summed E-state index contributed by atoms with van der Waals surface area (Å²) < 4.78 is 0. The summed E-state index contributed by atoms with van der Waals surface area (Å²) in [6, 6.07) is 14.0. The molecule has 2 amide bonds. The van der Waals surface area contributed by atoms with Crippen molar-refractivity contribution >= 4 is 35.9 Å². The van der Waals surface area contributed by atoms with Crippen molar-refractivity contribution < 1.29 is 9.59 Å². The summed E-state index contributed by atoms with van der Waals surface area (Å²) in [5, 5.41) is 14.1. The Morgan fingerprint density at radius 3 is 2.43 bits per heavy atom. The molecule has 13 heteroatoms. The molecule has 0 unspecified atom stereocenters. The Labute approximate surface area is 249 Å². The smallest absolute Gasteiger partial charge is 0.240 e. The third-order valence-electron chi connectivity index (χ3n) is 7.82. The summed E-state index contributed by atoms with van der Waals surface area (Å²) in [5.41, 5.74) is 22.2. The first-order valence-electron chi connectivity index (χ1n) is 13.7. The van der Waals surface area contributed by atoms with E-state index >= 15 is 0 Å². The first kappa shape index (κ1) is 30.5. The number of halogens is 1. The molecule has 2 heterocycles. The van der Waals surface area contributed by atoms with Crippen LogP contribution in [0.3, 0.4) is 0 Å². The van der Waals surface area contributed by atoms with Crippen LogP contribution in [0.2, 0.25) is 0 Å². The second-order valence-corrected chi connectivity index (χ2v) is 10.5. The lowest BCUT2D eigenvalue weighted by Crippen LogP contribution is -2.52. The van der Waals surface area contributed by atoms with Crippen LogP contribution in [0.15, 0.2) is 54.7 Å². The highest BCUT2D eigenvalue weighted by Gasteiger charge is 2.36. The molecular weight excluding hydrogens is 556 g/mol. The van der Waals surface area contributed by atoms with E-state index in [4.69, 9.17) is 17.2 Å². The number of aromatic amines is 1. The van der Waals surface area contributed by atoms with Crippen molar-refractivity contribution in [3.63, 3.8) is 0 Å². The van der Waals surface area contributed by atoms with Gasteiger partial charge in [0.25, 0.3) is 0 Å². The van der Waals surface area contributed by atoms with Gasteiger partial charge in [-0.3, -0.25) is 14.5 Å². The Bertz CT molecular complexity index is 1510. The SMILES string of the molecule is Cc1nc(N)ncc1-c1cccc(C[C@@H](C(N)=O)N(C(=O)C2CCC(CN)CC2)c2ccc(-c3nn[nH]n3)cc2)c1.Cl.